The van der Waals surface area contributed by atoms with Gasteiger partial charge in [0.05, 0.1) is 0 Å². The van der Waals surface area contributed by atoms with E-state index in [4.69, 9.17) is 0 Å². The largest absolute Gasteiger partial charge is 0.340 e. The fraction of sp³-hybridized carbons (Fsp3) is 0.947. The molecule has 0 aromatic rings. The zero-order valence-corrected chi connectivity index (χ0v) is 14.8. The van der Waals surface area contributed by atoms with Gasteiger partial charge in [-0.05, 0) is 51.1 Å². The number of nitrogens with zero attached hydrogens (tertiary/aromatic N) is 3. The van der Waals surface area contributed by atoms with Crippen LogP contribution < -0.4 is 0 Å². The summed E-state index contributed by atoms with van der Waals surface area (Å²) in [4.78, 5) is 20.1. The lowest BCUT2D eigenvalue weighted by Crippen LogP contribution is -2.53. The quantitative estimate of drug-likeness (QED) is 0.796. The van der Waals surface area contributed by atoms with E-state index in [1.807, 2.05) is 0 Å². The number of likely N-dealkylation sites (tertiary alicyclic amines) is 1. The number of piperidine rings is 1. The molecule has 4 heteroatoms. The zero-order valence-electron chi connectivity index (χ0n) is 14.8. The van der Waals surface area contributed by atoms with E-state index in [-0.39, 0.29) is 0 Å². The summed E-state index contributed by atoms with van der Waals surface area (Å²) in [5.74, 6) is 2.42. The number of rotatable bonds is 3. The molecule has 23 heavy (non-hydrogen) atoms. The van der Waals surface area contributed by atoms with Crippen molar-refractivity contribution in [3.63, 3.8) is 0 Å². The van der Waals surface area contributed by atoms with E-state index in [1.165, 1.54) is 58.0 Å². The zero-order chi connectivity index (χ0) is 15.8. The lowest BCUT2D eigenvalue weighted by molar-refractivity contribution is -0.135. The van der Waals surface area contributed by atoms with Crippen LogP contribution in [-0.4, -0.2) is 73.0 Å². The minimum atomic E-state index is 0.411. The van der Waals surface area contributed by atoms with Crippen LogP contribution in [-0.2, 0) is 4.79 Å². The van der Waals surface area contributed by atoms with Crippen molar-refractivity contribution >= 4 is 5.91 Å². The van der Waals surface area contributed by atoms with E-state index in [2.05, 4.69) is 21.7 Å². The van der Waals surface area contributed by atoms with Crippen molar-refractivity contribution in [1.29, 1.82) is 0 Å². The molecule has 4 nitrogen and oxygen atoms in total. The van der Waals surface area contributed by atoms with Gasteiger partial charge >= 0.3 is 0 Å². The molecule has 2 aliphatic carbocycles. The fourth-order valence-corrected chi connectivity index (χ4v) is 5.39. The topological polar surface area (TPSA) is 26.8 Å². The number of carbonyl (C=O) groups is 1. The van der Waals surface area contributed by atoms with Gasteiger partial charge in [-0.1, -0.05) is 19.3 Å². The van der Waals surface area contributed by atoms with Gasteiger partial charge in [-0.2, -0.15) is 0 Å². The van der Waals surface area contributed by atoms with Crippen molar-refractivity contribution in [3.8, 4) is 0 Å². The van der Waals surface area contributed by atoms with Gasteiger partial charge in [0.1, 0.15) is 0 Å². The second-order valence-corrected chi connectivity index (χ2v) is 8.39. The first-order valence-electron chi connectivity index (χ1n) is 9.95. The third kappa shape index (κ3) is 3.30. The third-order valence-corrected chi connectivity index (χ3v) is 7.02. The lowest BCUT2D eigenvalue weighted by atomic mass is 10.0. The highest BCUT2D eigenvalue weighted by Crippen LogP contribution is 2.56. The van der Waals surface area contributed by atoms with Crippen molar-refractivity contribution in [2.45, 2.75) is 51.0 Å². The Kier molecular flexibility index (Phi) is 4.64. The van der Waals surface area contributed by atoms with E-state index in [0.29, 0.717) is 11.8 Å². The number of amides is 1. The molecule has 2 saturated heterocycles. The molecule has 2 heterocycles. The number of hydrogen-bond acceptors (Lipinski definition) is 3. The summed E-state index contributed by atoms with van der Waals surface area (Å²) >= 11 is 0. The van der Waals surface area contributed by atoms with Crippen molar-refractivity contribution in [1.82, 2.24) is 14.7 Å². The molecule has 4 aliphatic rings. The Labute approximate surface area is 141 Å². The molecule has 2 aliphatic heterocycles. The standard InChI is InChI=1S/C19H33N3O/c1-20-9-5-4-6-15(20)14-21-10-12-22(13-11-21)19(23)18-16-7-2-3-8-17(16)18/h15-18H,2-14H2,1H3/t15-,16-,17+,18?/m0/s1. The molecule has 0 N–H and O–H groups in total. The number of piperazine rings is 1. The average molecular weight is 319 g/mol. The second-order valence-electron chi connectivity index (χ2n) is 8.39. The van der Waals surface area contributed by atoms with Crippen LogP contribution in [0.1, 0.15) is 44.9 Å². The molecule has 4 atom stereocenters. The number of fused-ring (bicyclic) bond motifs is 1. The van der Waals surface area contributed by atoms with Crippen LogP contribution in [0.5, 0.6) is 0 Å². The van der Waals surface area contributed by atoms with Gasteiger partial charge in [0, 0.05) is 44.7 Å². The van der Waals surface area contributed by atoms with Gasteiger partial charge < -0.3 is 9.80 Å². The highest BCUT2D eigenvalue weighted by molar-refractivity contribution is 5.82. The molecule has 0 radical (unpaired) electrons. The predicted octanol–water partition coefficient (Wildman–Crippen LogP) is 2.05. The van der Waals surface area contributed by atoms with E-state index in [0.717, 1.165) is 44.1 Å². The first-order valence-corrected chi connectivity index (χ1v) is 9.95. The molecule has 4 fully saturated rings. The summed E-state index contributed by atoms with van der Waals surface area (Å²) in [6.07, 6.45) is 9.43. The Morgan fingerprint density at radius 2 is 1.52 bits per heavy atom. The van der Waals surface area contributed by atoms with Crippen LogP contribution in [0.4, 0.5) is 0 Å². The Hall–Kier alpha value is -0.610. The van der Waals surface area contributed by atoms with Crippen LogP contribution in [0.15, 0.2) is 0 Å². The molecular formula is C19H33N3O. The molecule has 130 valence electrons. The molecule has 4 rings (SSSR count). The molecule has 1 unspecified atom stereocenters. The van der Waals surface area contributed by atoms with Crippen molar-refractivity contribution in [3.05, 3.63) is 0 Å². The van der Waals surface area contributed by atoms with Crippen molar-refractivity contribution < 1.29 is 4.79 Å². The Morgan fingerprint density at radius 1 is 0.870 bits per heavy atom. The number of carbonyl (C=O) groups excluding carboxylic acids is 1. The maximum atomic E-state index is 12.8. The maximum Gasteiger partial charge on any atom is 0.226 e. The van der Waals surface area contributed by atoms with Crippen molar-refractivity contribution in [2.24, 2.45) is 17.8 Å². The normalized spacial score (nSPS) is 39.1. The van der Waals surface area contributed by atoms with Gasteiger partial charge in [-0.3, -0.25) is 9.69 Å². The summed E-state index contributed by atoms with van der Waals surface area (Å²) < 4.78 is 0. The summed E-state index contributed by atoms with van der Waals surface area (Å²) in [5.41, 5.74) is 0. The molecular weight excluding hydrogens is 286 g/mol. The minimum absolute atomic E-state index is 0.411. The molecule has 1 amide bonds. The molecule has 0 spiro atoms. The average Bonchev–Trinajstić information content (AvgIpc) is 3.31. The fourth-order valence-electron chi connectivity index (χ4n) is 5.39. The Morgan fingerprint density at radius 3 is 2.17 bits per heavy atom. The number of likely N-dealkylation sites (N-methyl/N-ethyl adjacent to an activating group) is 1. The van der Waals surface area contributed by atoms with Gasteiger partial charge in [0.2, 0.25) is 5.91 Å². The molecule has 0 aromatic heterocycles. The van der Waals surface area contributed by atoms with Crippen LogP contribution in [0.2, 0.25) is 0 Å². The monoisotopic (exact) mass is 319 g/mol. The maximum absolute atomic E-state index is 12.8. The van der Waals surface area contributed by atoms with E-state index >= 15 is 0 Å². The second kappa shape index (κ2) is 6.72. The Bertz CT molecular complexity index is 420. The summed E-state index contributed by atoms with van der Waals surface area (Å²) in [6.45, 7) is 6.55. The summed E-state index contributed by atoms with van der Waals surface area (Å²) in [6, 6.07) is 0.734. The SMILES string of the molecule is CN1CCCC[C@H]1CN1CCN(C(=O)C2[C@H]3CCCC[C@@H]23)CC1. The summed E-state index contributed by atoms with van der Waals surface area (Å²) in [7, 11) is 2.28. The smallest absolute Gasteiger partial charge is 0.226 e. The highest BCUT2D eigenvalue weighted by atomic mass is 16.2. The predicted molar refractivity (Wildman–Crippen MR) is 92.2 cm³/mol. The first-order chi connectivity index (χ1) is 11.2. The van der Waals surface area contributed by atoms with Crippen molar-refractivity contribution in [2.75, 3.05) is 46.3 Å². The van der Waals surface area contributed by atoms with Crippen LogP contribution >= 0.6 is 0 Å². The van der Waals surface area contributed by atoms with Gasteiger partial charge in [-0.25, -0.2) is 0 Å². The van der Waals surface area contributed by atoms with Crippen LogP contribution in [0, 0.1) is 17.8 Å². The molecule has 0 bridgehead atoms. The summed E-state index contributed by atoms with van der Waals surface area (Å²) in [5, 5.41) is 0. The highest BCUT2D eigenvalue weighted by Gasteiger charge is 2.55. The van der Waals surface area contributed by atoms with E-state index in [1.54, 1.807) is 0 Å². The minimum Gasteiger partial charge on any atom is -0.340 e. The third-order valence-electron chi connectivity index (χ3n) is 7.02. The van der Waals surface area contributed by atoms with Gasteiger partial charge in [0.15, 0.2) is 0 Å². The lowest BCUT2D eigenvalue weighted by Gasteiger charge is -2.40. The van der Waals surface area contributed by atoms with E-state index < -0.39 is 0 Å². The molecule has 2 saturated carbocycles. The molecule has 0 aromatic carbocycles. The van der Waals surface area contributed by atoms with Gasteiger partial charge in [0.25, 0.3) is 0 Å². The van der Waals surface area contributed by atoms with Gasteiger partial charge in [-0.15, -0.1) is 0 Å². The van der Waals surface area contributed by atoms with Crippen LogP contribution in [0.3, 0.4) is 0 Å². The Balaban J connectivity index is 1.24. The van der Waals surface area contributed by atoms with E-state index in [9.17, 15) is 4.79 Å². The first kappa shape index (κ1) is 15.9. The number of hydrogen-bond donors (Lipinski definition) is 0. The van der Waals surface area contributed by atoms with Crippen LogP contribution in [0.25, 0.3) is 0 Å².